The average molecular weight is 266 g/mol. The molecular formula is C17H34N2. The van der Waals surface area contributed by atoms with Crippen LogP contribution in [-0.2, 0) is 0 Å². The van der Waals surface area contributed by atoms with Crippen molar-refractivity contribution >= 4 is 0 Å². The van der Waals surface area contributed by atoms with Crippen LogP contribution in [0.15, 0.2) is 0 Å². The number of likely N-dealkylation sites (tertiary alicyclic amines) is 1. The molecule has 1 saturated heterocycles. The molecule has 1 saturated carbocycles. The fourth-order valence-corrected chi connectivity index (χ4v) is 3.91. The van der Waals surface area contributed by atoms with Gasteiger partial charge in [0.1, 0.15) is 0 Å². The van der Waals surface area contributed by atoms with Gasteiger partial charge >= 0.3 is 0 Å². The third-order valence-electron chi connectivity index (χ3n) is 5.16. The van der Waals surface area contributed by atoms with Crippen LogP contribution in [0.4, 0.5) is 0 Å². The van der Waals surface area contributed by atoms with Crippen molar-refractivity contribution in [2.75, 3.05) is 19.6 Å². The lowest BCUT2D eigenvalue weighted by molar-refractivity contribution is 0.151. The molecule has 0 amide bonds. The van der Waals surface area contributed by atoms with Gasteiger partial charge in [0.15, 0.2) is 0 Å². The predicted molar refractivity (Wildman–Crippen MR) is 83.5 cm³/mol. The Kier molecular flexibility index (Phi) is 6.66. The van der Waals surface area contributed by atoms with E-state index in [1.54, 1.807) is 0 Å². The smallest absolute Gasteiger partial charge is 0.0249 e. The van der Waals surface area contributed by atoms with Crippen molar-refractivity contribution in [2.45, 2.75) is 83.7 Å². The third kappa shape index (κ3) is 4.75. The quantitative estimate of drug-likeness (QED) is 0.778. The van der Waals surface area contributed by atoms with Crippen LogP contribution in [-0.4, -0.2) is 36.6 Å². The molecule has 3 atom stereocenters. The molecule has 2 rings (SSSR count). The second-order valence-corrected chi connectivity index (χ2v) is 6.84. The van der Waals surface area contributed by atoms with Crippen LogP contribution in [0, 0.1) is 5.92 Å². The van der Waals surface area contributed by atoms with E-state index < -0.39 is 0 Å². The van der Waals surface area contributed by atoms with Crippen molar-refractivity contribution in [3.8, 4) is 0 Å². The molecule has 0 aromatic rings. The molecule has 0 radical (unpaired) electrons. The molecule has 2 aliphatic rings. The van der Waals surface area contributed by atoms with Crippen molar-refractivity contribution in [1.29, 1.82) is 0 Å². The van der Waals surface area contributed by atoms with Gasteiger partial charge in [-0.15, -0.1) is 0 Å². The summed E-state index contributed by atoms with van der Waals surface area (Å²) in [5.41, 5.74) is 0. The Labute approximate surface area is 120 Å². The summed E-state index contributed by atoms with van der Waals surface area (Å²) >= 11 is 0. The zero-order valence-electron chi connectivity index (χ0n) is 13.2. The van der Waals surface area contributed by atoms with Gasteiger partial charge in [0.05, 0.1) is 0 Å². The molecule has 1 N–H and O–H groups in total. The Morgan fingerprint density at radius 3 is 2.63 bits per heavy atom. The van der Waals surface area contributed by atoms with Crippen LogP contribution in [0.25, 0.3) is 0 Å². The first kappa shape index (κ1) is 15.3. The van der Waals surface area contributed by atoms with Crippen LogP contribution in [0.2, 0.25) is 0 Å². The highest BCUT2D eigenvalue weighted by molar-refractivity contribution is 4.88. The number of hydrogen-bond donors (Lipinski definition) is 1. The molecule has 2 fully saturated rings. The molecule has 0 spiro atoms. The number of rotatable bonds is 4. The first-order chi connectivity index (χ1) is 9.31. The molecule has 1 aliphatic heterocycles. The second-order valence-electron chi connectivity index (χ2n) is 6.84. The van der Waals surface area contributed by atoms with Gasteiger partial charge in [-0.3, -0.25) is 4.90 Å². The summed E-state index contributed by atoms with van der Waals surface area (Å²) < 4.78 is 0. The fourth-order valence-electron chi connectivity index (χ4n) is 3.91. The zero-order chi connectivity index (χ0) is 13.5. The maximum absolute atomic E-state index is 3.85. The standard InChI is InChI=1S/C17H34N2/c1-3-12-18-16-9-5-4-6-10-17(16)19-13-7-8-15(2)11-14-19/h15-18H,3-14H2,1-2H3. The van der Waals surface area contributed by atoms with Gasteiger partial charge in [-0.05, 0) is 64.1 Å². The first-order valence-electron chi connectivity index (χ1n) is 8.78. The SMILES string of the molecule is CCCNC1CCCCCC1N1CCCC(C)CC1. The summed E-state index contributed by atoms with van der Waals surface area (Å²) in [6.45, 7) is 8.61. The minimum absolute atomic E-state index is 0.760. The summed E-state index contributed by atoms with van der Waals surface area (Å²) in [7, 11) is 0. The molecule has 2 nitrogen and oxygen atoms in total. The average Bonchev–Trinajstić information content (AvgIpc) is 2.76. The molecule has 0 aromatic carbocycles. The van der Waals surface area contributed by atoms with Gasteiger partial charge in [-0.2, -0.15) is 0 Å². The molecule has 3 unspecified atom stereocenters. The molecule has 0 aromatic heterocycles. The normalized spacial score (nSPS) is 34.7. The van der Waals surface area contributed by atoms with Crippen LogP contribution < -0.4 is 5.32 Å². The molecule has 1 aliphatic carbocycles. The molecule has 1 heterocycles. The van der Waals surface area contributed by atoms with Crippen molar-refractivity contribution in [2.24, 2.45) is 5.92 Å². The van der Waals surface area contributed by atoms with Gasteiger partial charge in [-0.25, -0.2) is 0 Å². The zero-order valence-corrected chi connectivity index (χ0v) is 13.2. The minimum Gasteiger partial charge on any atom is -0.312 e. The van der Waals surface area contributed by atoms with Crippen molar-refractivity contribution in [1.82, 2.24) is 10.2 Å². The second kappa shape index (κ2) is 8.26. The lowest BCUT2D eigenvalue weighted by atomic mass is 10.0. The summed E-state index contributed by atoms with van der Waals surface area (Å²) in [6.07, 6.45) is 12.7. The Morgan fingerprint density at radius 1 is 0.947 bits per heavy atom. The van der Waals surface area contributed by atoms with E-state index in [-0.39, 0.29) is 0 Å². The summed E-state index contributed by atoms with van der Waals surface area (Å²) in [5.74, 6) is 0.942. The molecule has 19 heavy (non-hydrogen) atoms. The molecule has 0 bridgehead atoms. The molecule has 112 valence electrons. The maximum atomic E-state index is 3.85. The Bertz CT molecular complexity index is 241. The Morgan fingerprint density at radius 2 is 1.79 bits per heavy atom. The maximum Gasteiger partial charge on any atom is 0.0249 e. The highest BCUT2D eigenvalue weighted by Gasteiger charge is 2.29. The van der Waals surface area contributed by atoms with E-state index in [0.29, 0.717) is 0 Å². The molecular weight excluding hydrogens is 232 g/mol. The highest BCUT2D eigenvalue weighted by Crippen LogP contribution is 2.26. The largest absolute Gasteiger partial charge is 0.312 e. The van der Waals surface area contributed by atoms with Gasteiger partial charge < -0.3 is 5.32 Å². The van der Waals surface area contributed by atoms with Crippen molar-refractivity contribution < 1.29 is 0 Å². The van der Waals surface area contributed by atoms with E-state index in [4.69, 9.17) is 0 Å². The lowest BCUT2D eigenvalue weighted by Gasteiger charge is -2.36. The van der Waals surface area contributed by atoms with E-state index in [2.05, 4.69) is 24.1 Å². The lowest BCUT2D eigenvalue weighted by Crippen LogP contribution is -2.50. The monoisotopic (exact) mass is 266 g/mol. The first-order valence-corrected chi connectivity index (χ1v) is 8.78. The van der Waals surface area contributed by atoms with Crippen LogP contribution >= 0.6 is 0 Å². The number of hydrogen-bond acceptors (Lipinski definition) is 2. The fraction of sp³-hybridized carbons (Fsp3) is 1.00. The summed E-state index contributed by atoms with van der Waals surface area (Å²) in [5, 5.41) is 3.85. The summed E-state index contributed by atoms with van der Waals surface area (Å²) in [4.78, 5) is 2.84. The van der Waals surface area contributed by atoms with Gasteiger partial charge in [0.25, 0.3) is 0 Å². The highest BCUT2D eigenvalue weighted by atomic mass is 15.2. The predicted octanol–water partition coefficient (Wildman–Crippen LogP) is 3.81. The number of nitrogens with zero attached hydrogens (tertiary/aromatic N) is 1. The van der Waals surface area contributed by atoms with E-state index in [0.717, 1.165) is 18.0 Å². The van der Waals surface area contributed by atoms with E-state index >= 15 is 0 Å². The van der Waals surface area contributed by atoms with Gasteiger partial charge in [0, 0.05) is 12.1 Å². The van der Waals surface area contributed by atoms with Crippen LogP contribution in [0.3, 0.4) is 0 Å². The van der Waals surface area contributed by atoms with E-state index in [9.17, 15) is 0 Å². The minimum atomic E-state index is 0.760. The molecule has 2 heteroatoms. The van der Waals surface area contributed by atoms with Crippen LogP contribution in [0.5, 0.6) is 0 Å². The summed E-state index contributed by atoms with van der Waals surface area (Å²) in [6, 6.07) is 1.58. The topological polar surface area (TPSA) is 15.3 Å². The van der Waals surface area contributed by atoms with E-state index in [1.807, 2.05) is 0 Å². The number of nitrogens with one attached hydrogen (secondary N) is 1. The van der Waals surface area contributed by atoms with Gasteiger partial charge in [0.2, 0.25) is 0 Å². The van der Waals surface area contributed by atoms with Crippen LogP contribution in [0.1, 0.15) is 71.6 Å². The Balaban J connectivity index is 1.95. The Hall–Kier alpha value is -0.0800. The van der Waals surface area contributed by atoms with E-state index in [1.165, 1.54) is 77.4 Å². The van der Waals surface area contributed by atoms with Crippen molar-refractivity contribution in [3.63, 3.8) is 0 Å². The third-order valence-corrected chi connectivity index (χ3v) is 5.16. The van der Waals surface area contributed by atoms with Crippen molar-refractivity contribution in [3.05, 3.63) is 0 Å². The van der Waals surface area contributed by atoms with Gasteiger partial charge in [-0.1, -0.05) is 33.1 Å².